The summed E-state index contributed by atoms with van der Waals surface area (Å²) in [4.78, 5) is 0. The van der Waals surface area contributed by atoms with Gasteiger partial charge in [-0.25, -0.2) is 0 Å². The first kappa shape index (κ1) is 11.2. The van der Waals surface area contributed by atoms with Gasteiger partial charge < -0.3 is 0 Å². The number of rotatable bonds is 2. The van der Waals surface area contributed by atoms with Gasteiger partial charge in [0.05, 0.1) is 11.4 Å². The van der Waals surface area contributed by atoms with Gasteiger partial charge in [0.25, 0.3) is 0 Å². The molecule has 0 heterocycles. The molecule has 0 radical (unpaired) electrons. The minimum Gasteiger partial charge on any atom is -0.151 e. The Balaban J connectivity index is 1.87. The SMILES string of the molecule is Clc1cccc(N=NC2=CCc3ccccc32)c1. The second kappa shape index (κ2) is 4.75. The lowest BCUT2D eigenvalue weighted by molar-refractivity contribution is 1.24. The van der Waals surface area contributed by atoms with E-state index in [2.05, 4.69) is 28.4 Å². The molecule has 0 spiro atoms. The Hall–Kier alpha value is -1.93. The smallest absolute Gasteiger partial charge is 0.0895 e. The van der Waals surface area contributed by atoms with Gasteiger partial charge >= 0.3 is 0 Å². The number of benzene rings is 2. The van der Waals surface area contributed by atoms with E-state index in [1.807, 2.05) is 30.3 Å². The summed E-state index contributed by atoms with van der Waals surface area (Å²) in [6.07, 6.45) is 3.03. The predicted octanol–water partition coefficient (Wildman–Crippen LogP) is 5.02. The van der Waals surface area contributed by atoms with E-state index in [4.69, 9.17) is 11.6 Å². The first-order chi connectivity index (χ1) is 8.83. The molecule has 3 heteroatoms. The zero-order valence-corrected chi connectivity index (χ0v) is 10.4. The van der Waals surface area contributed by atoms with Crippen molar-refractivity contribution in [2.45, 2.75) is 6.42 Å². The van der Waals surface area contributed by atoms with Gasteiger partial charge in [0.1, 0.15) is 0 Å². The molecule has 1 aliphatic rings. The fourth-order valence-electron chi connectivity index (χ4n) is 2.01. The highest BCUT2D eigenvalue weighted by Crippen LogP contribution is 2.29. The van der Waals surface area contributed by atoms with Crippen LogP contribution in [0, 0.1) is 0 Å². The van der Waals surface area contributed by atoms with Crippen molar-refractivity contribution in [3.63, 3.8) is 0 Å². The molecule has 0 N–H and O–H groups in total. The number of hydrogen-bond acceptors (Lipinski definition) is 2. The Bertz CT molecular complexity index is 644. The highest BCUT2D eigenvalue weighted by Gasteiger charge is 2.12. The average molecular weight is 255 g/mol. The van der Waals surface area contributed by atoms with Crippen LogP contribution >= 0.6 is 11.6 Å². The van der Waals surface area contributed by atoms with Crippen molar-refractivity contribution in [1.29, 1.82) is 0 Å². The standard InChI is InChI=1S/C15H11ClN2/c16-12-5-3-6-13(10-12)17-18-15-9-8-11-4-1-2-7-14(11)15/h1-7,9-10H,8H2. The van der Waals surface area contributed by atoms with Crippen molar-refractivity contribution in [3.8, 4) is 0 Å². The zero-order valence-electron chi connectivity index (χ0n) is 9.68. The maximum Gasteiger partial charge on any atom is 0.0895 e. The van der Waals surface area contributed by atoms with Crippen LogP contribution in [0.1, 0.15) is 11.1 Å². The lowest BCUT2D eigenvalue weighted by Gasteiger charge is -1.99. The highest BCUT2D eigenvalue weighted by molar-refractivity contribution is 6.30. The predicted molar refractivity (Wildman–Crippen MR) is 74.1 cm³/mol. The van der Waals surface area contributed by atoms with Crippen LogP contribution in [0.25, 0.3) is 5.70 Å². The number of hydrogen-bond donors (Lipinski definition) is 0. The summed E-state index contributed by atoms with van der Waals surface area (Å²) in [6, 6.07) is 15.6. The number of allylic oxidation sites excluding steroid dienone is 1. The second-order valence-electron chi connectivity index (χ2n) is 4.13. The average Bonchev–Trinajstić information content (AvgIpc) is 2.80. The molecular weight excluding hydrogens is 244 g/mol. The van der Waals surface area contributed by atoms with Crippen molar-refractivity contribution in [1.82, 2.24) is 0 Å². The fourth-order valence-corrected chi connectivity index (χ4v) is 2.19. The van der Waals surface area contributed by atoms with E-state index in [1.54, 1.807) is 6.07 Å². The molecule has 0 saturated carbocycles. The second-order valence-corrected chi connectivity index (χ2v) is 4.57. The van der Waals surface area contributed by atoms with E-state index in [-0.39, 0.29) is 0 Å². The summed E-state index contributed by atoms with van der Waals surface area (Å²) in [5.41, 5.74) is 4.18. The summed E-state index contributed by atoms with van der Waals surface area (Å²) in [5.74, 6) is 0. The number of nitrogens with zero attached hydrogens (tertiary/aromatic N) is 2. The van der Waals surface area contributed by atoms with E-state index < -0.39 is 0 Å². The van der Waals surface area contributed by atoms with Gasteiger partial charge in [0.2, 0.25) is 0 Å². The highest BCUT2D eigenvalue weighted by atomic mass is 35.5. The van der Waals surface area contributed by atoms with E-state index >= 15 is 0 Å². The first-order valence-electron chi connectivity index (χ1n) is 5.79. The van der Waals surface area contributed by atoms with Gasteiger partial charge in [-0.1, -0.05) is 48.0 Å². The van der Waals surface area contributed by atoms with Gasteiger partial charge in [-0.3, -0.25) is 0 Å². The Morgan fingerprint density at radius 1 is 0.944 bits per heavy atom. The molecule has 2 aromatic rings. The van der Waals surface area contributed by atoms with Crippen molar-refractivity contribution in [3.05, 3.63) is 70.8 Å². The maximum atomic E-state index is 5.91. The van der Waals surface area contributed by atoms with Gasteiger partial charge in [-0.2, -0.15) is 10.2 Å². The molecule has 2 nitrogen and oxygen atoms in total. The maximum absolute atomic E-state index is 5.91. The molecule has 18 heavy (non-hydrogen) atoms. The summed E-state index contributed by atoms with van der Waals surface area (Å²) < 4.78 is 0. The molecule has 0 atom stereocenters. The summed E-state index contributed by atoms with van der Waals surface area (Å²) in [6.45, 7) is 0. The number of azo groups is 1. The molecule has 0 amide bonds. The third kappa shape index (κ3) is 2.20. The van der Waals surface area contributed by atoms with Gasteiger partial charge in [-0.05, 0) is 30.2 Å². The minimum atomic E-state index is 0.673. The summed E-state index contributed by atoms with van der Waals surface area (Å²) in [5, 5.41) is 9.20. The van der Waals surface area contributed by atoms with Crippen molar-refractivity contribution in [2.75, 3.05) is 0 Å². The van der Waals surface area contributed by atoms with Gasteiger partial charge in [-0.15, -0.1) is 0 Å². The lowest BCUT2D eigenvalue weighted by Crippen LogP contribution is -1.80. The molecule has 0 unspecified atom stereocenters. The van der Waals surface area contributed by atoms with Crippen LogP contribution in [0.3, 0.4) is 0 Å². The van der Waals surface area contributed by atoms with Crippen LogP contribution < -0.4 is 0 Å². The molecule has 3 rings (SSSR count). The normalized spacial score (nSPS) is 13.7. The zero-order chi connectivity index (χ0) is 12.4. The van der Waals surface area contributed by atoms with E-state index in [0.29, 0.717) is 5.02 Å². The minimum absolute atomic E-state index is 0.673. The largest absolute Gasteiger partial charge is 0.151 e. The molecule has 0 aromatic heterocycles. The molecule has 0 saturated heterocycles. The Morgan fingerprint density at radius 2 is 1.83 bits per heavy atom. The van der Waals surface area contributed by atoms with Gasteiger partial charge in [0, 0.05) is 10.6 Å². The fraction of sp³-hybridized carbons (Fsp3) is 0.0667. The molecular formula is C15H11ClN2. The third-order valence-electron chi connectivity index (χ3n) is 2.89. The lowest BCUT2D eigenvalue weighted by atomic mass is 10.1. The van der Waals surface area contributed by atoms with Crippen LogP contribution in [-0.2, 0) is 6.42 Å². The van der Waals surface area contributed by atoms with E-state index in [0.717, 1.165) is 17.8 Å². The number of halogens is 1. The molecule has 0 bridgehead atoms. The number of fused-ring (bicyclic) bond motifs is 1. The van der Waals surface area contributed by atoms with E-state index in [1.165, 1.54) is 11.1 Å². The first-order valence-corrected chi connectivity index (χ1v) is 6.16. The monoisotopic (exact) mass is 254 g/mol. The van der Waals surface area contributed by atoms with Crippen LogP contribution in [-0.4, -0.2) is 0 Å². The molecule has 0 fully saturated rings. The van der Waals surface area contributed by atoms with E-state index in [9.17, 15) is 0 Å². The molecule has 2 aromatic carbocycles. The van der Waals surface area contributed by atoms with Crippen LogP contribution in [0.4, 0.5) is 5.69 Å². The van der Waals surface area contributed by atoms with Crippen molar-refractivity contribution >= 4 is 23.0 Å². The Morgan fingerprint density at radius 3 is 2.72 bits per heavy atom. The quantitative estimate of drug-likeness (QED) is 0.672. The Kier molecular flexibility index (Phi) is 2.95. The van der Waals surface area contributed by atoms with Crippen LogP contribution in [0.2, 0.25) is 5.02 Å². The van der Waals surface area contributed by atoms with Crippen LogP contribution in [0.5, 0.6) is 0 Å². The molecule has 88 valence electrons. The topological polar surface area (TPSA) is 24.7 Å². The third-order valence-corrected chi connectivity index (χ3v) is 3.13. The van der Waals surface area contributed by atoms with Crippen LogP contribution in [0.15, 0.2) is 64.8 Å². The Labute approximate surface area is 111 Å². The summed E-state index contributed by atoms with van der Waals surface area (Å²) >= 11 is 5.91. The molecule has 0 aliphatic heterocycles. The van der Waals surface area contributed by atoms with Gasteiger partial charge in [0.15, 0.2) is 0 Å². The molecule has 1 aliphatic carbocycles. The van der Waals surface area contributed by atoms with Crippen molar-refractivity contribution < 1.29 is 0 Å². The van der Waals surface area contributed by atoms with Crippen molar-refractivity contribution in [2.24, 2.45) is 10.2 Å². The summed E-state index contributed by atoms with van der Waals surface area (Å²) in [7, 11) is 0.